The lowest BCUT2D eigenvalue weighted by atomic mass is 10.1. The van der Waals surface area contributed by atoms with Gasteiger partial charge in [0.2, 0.25) is 0 Å². The molecular formula is C13H22N4S. The minimum Gasteiger partial charge on any atom is -0.355 e. The van der Waals surface area contributed by atoms with E-state index in [1.807, 2.05) is 0 Å². The molecule has 2 aromatic heterocycles. The Morgan fingerprint density at radius 2 is 2.17 bits per heavy atom. The number of fused-ring (bicyclic) bond motifs is 1. The molecule has 100 valence electrons. The zero-order valence-corrected chi connectivity index (χ0v) is 12.2. The molecule has 0 bridgehead atoms. The minimum absolute atomic E-state index is 0.547. The van der Waals surface area contributed by atoms with Crippen LogP contribution in [0.2, 0.25) is 0 Å². The predicted molar refractivity (Wildman–Crippen MR) is 78.6 cm³/mol. The maximum atomic E-state index is 5.73. The maximum Gasteiger partial charge on any atom is 0.195 e. The SMILES string of the molecule is CCC(CC)N(C)c1nc2sccn2c1CCN. The van der Waals surface area contributed by atoms with Gasteiger partial charge in [-0.05, 0) is 19.4 Å². The first-order chi connectivity index (χ1) is 8.72. The van der Waals surface area contributed by atoms with E-state index in [2.05, 4.69) is 41.8 Å². The van der Waals surface area contributed by atoms with E-state index < -0.39 is 0 Å². The Hall–Kier alpha value is -1.07. The second kappa shape index (κ2) is 5.71. The van der Waals surface area contributed by atoms with Crippen molar-refractivity contribution in [3.05, 3.63) is 17.3 Å². The van der Waals surface area contributed by atoms with Gasteiger partial charge in [-0.25, -0.2) is 4.98 Å². The van der Waals surface area contributed by atoms with Crippen molar-refractivity contribution in [2.24, 2.45) is 5.73 Å². The van der Waals surface area contributed by atoms with E-state index >= 15 is 0 Å². The van der Waals surface area contributed by atoms with Crippen LogP contribution in [0.4, 0.5) is 5.82 Å². The highest BCUT2D eigenvalue weighted by Gasteiger charge is 2.20. The van der Waals surface area contributed by atoms with Gasteiger partial charge in [-0.15, -0.1) is 11.3 Å². The van der Waals surface area contributed by atoms with Crippen LogP contribution in [0.25, 0.3) is 4.96 Å². The van der Waals surface area contributed by atoms with Crippen molar-refractivity contribution in [1.82, 2.24) is 9.38 Å². The van der Waals surface area contributed by atoms with Crippen molar-refractivity contribution in [2.75, 3.05) is 18.5 Å². The molecule has 0 spiro atoms. The van der Waals surface area contributed by atoms with Gasteiger partial charge in [0, 0.05) is 31.1 Å². The summed E-state index contributed by atoms with van der Waals surface area (Å²) >= 11 is 1.68. The summed E-state index contributed by atoms with van der Waals surface area (Å²) < 4.78 is 2.17. The van der Waals surface area contributed by atoms with Crippen molar-refractivity contribution >= 4 is 22.1 Å². The fourth-order valence-electron chi connectivity index (χ4n) is 2.48. The number of imidazole rings is 1. The van der Waals surface area contributed by atoms with E-state index in [4.69, 9.17) is 10.7 Å². The second-order valence-corrected chi connectivity index (χ2v) is 5.43. The highest BCUT2D eigenvalue weighted by Crippen LogP contribution is 2.26. The van der Waals surface area contributed by atoms with Crippen molar-refractivity contribution in [3.8, 4) is 0 Å². The number of thiazole rings is 1. The molecule has 2 aromatic rings. The quantitative estimate of drug-likeness (QED) is 0.874. The summed E-state index contributed by atoms with van der Waals surface area (Å²) in [4.78, 5) is 8.13. The Morgan fingerprint density at radius 3 is 2.78 bits per heavy atom. The van der Waals surface area contributed by atoms with E-state index in [0.717, 1.165) is 30.0 Å². The van der Waals surface area contributed by atoms with Crippen molar-refractivity contribution in [2.45, 2.75) is 39.2 Å². The molecule has 2 heterocycles. The molecule has 0 saturated carbocycles. The van der Waals surface area contributed by atoms with Crippen LogP contribution in [0.5, 0.6) is 0 Å². The van der Waals surface area contributed by atoms with Crippen molar-refractivity contribution in [1.29, 1.82) is 0 Å². The van der Waals surface area contributed by atoms with Crippen molar-refractivity contribution < 1.29 is 0 Å². The largest absolute Gasteiger partial charge is 0.355 e. The van der Waals surface area contributed by atoms with Gasteiger partial charge >= 0.3 is 0 Å². The third-order valence-corrected chi connectivity index (χ3v) is 4.30. The summed E-state index contributed by atoms with van der Waals surface area (Å²) in [5, 5.41) is 2.07. The molecule has 0 aliphatic heterocycles. The smallest absolute Gasteiger partial charge is 0.195 e. The fraction of sp³-hybridized carbons (Fsp3) is 0.615. The molecule has 0 aliphatic rings. The molecule has 0 unspecified atom stereocenters. The Kier molecular flexibility index (Phi) is 4.24. The lowest BCUT2D eigenvalue weighted by Crippen LogP contribution is -2.31. The third kappa shape index (κ3) is 2.24. The summed E-state index contributed by atoms with van der Waals surface area (Å²) in [5.41, 5.74) is 6.97. The van der Waals surface area contributed by atoms with Crippen LogP contribution in [0, 0.1) is 0 Å². The van der Waals surface area contributed by atoms with Crippen LogP contribution >= 0.6 is 11.3 Å². The standard InChI is InChI=1S/C13H22N4S/c1-4-10(5-2)16(3)12-11(6-7-14)17-8-9-18-13(17)15-12/h8-10H,4-7,14H2,1-3H3. The van der Waals surface area contributed by atoms with Crippen LogP contribution in [0.1, 0.15) is 32.4 Å². The highest BCUT2D eigenvalue weighted by molar-refractivity contribution is 7.15. The summed E-state index contributed by atoms with van der Waals surface area (Å²) in [7, 11) is 2.14. The first-order valence-corrected chi connectivity index (χ1v) is 7.48. The summed E-state index contributed by atoms with van der Waals surface area (Å²) in [6.07, 6.45) is 5.24. The number of rotatable bonds is 6. The van der Waals surface area contributed by atoms with Gasteiger partial charge in [-0.2, -0.15) is 0 Å². The minimum atomic E-state index is 0.547. The first kappa shape index (κ1) is 13.4. The Bertz CT molecular complexity index is 498. The monoisotopic (exact) mass is 266 g/mol. The van der Waals surface area contributed by atoms with E-state index in [9.17, 15) is 0 Å². The third-order valence-electron chi connectivity index (χ3n) is 3.55. The molecule has 2 rings (SSSR count). The van der Waals surface area contributed by atoms with Crippen molar-refractivity contribution in [3.63, 3.8) is 0 Å². The van der Waals surface area contributed by atoms with Crippen LogP contribution in [0.15, 0.2) is 11.6 Å². The van der Waals surface area contributed by atoms with Crippen LogP contribution in [0.3, 0.4) is 0 Å². The zero-order valence-electron chi connectivity index (χ0n) is 11.4. The predicted octanol–water partition coefficient (Wildman–Crippen LogP) is 2.52. The Labute approximate surface area is 112 Å². The number of aromatic nitrogens is 2. The molecule has 0 aliphatic carbocycles. The first-order valence-electron chi connectivity index (χ1n) is 6.60. The molecule has 0 saturated heterocycles. The molecule has 4 nitrogen and oxygen atoms in total. The molecular weight excluding hydrogens is 244 g/mol. The fourth-order valence-corrected chi connectivity index (χ4v) is 3.21. The van der Waals surface area contributed by atoms with Gasteiger partial charge in [0.1, 0.15) is 0 Å². The second-order valence-electron chi connectivity index (χ2n) is 4.56. The number of nitrogens with zero attached hydrogens (tertiary/aromatic N) is 3. The van der Waals surface area contributed by atoms with Gasteiger partial charge in [-0.3, -0.25) is 4.40 Å². The lowest BCUT2D eigenvalue weighted by molar-refractivity contribution is 0.585. The number of hydrogen-bond acceptors (Lipinski definition) is 4. The molecule has 0 atom stereocenters. The molecule has 5 heteroatoms. The average molecular weight is 266 g/mol. The van der Waals surface area contributed by atoms with Gasteiger partial charge < -0.3 is 10.6 Å². The van der Waals surface area contributed by atoms with Crippen LogP contribution in [-0.2, 0) is 6.42 Å². The van der Waals surface area contributed by atoms with Gasteiger partial charge in [-0.1, -0.05) is 13.8 Å². The molecule has 0 fully saturated rings. The Balaban J connectivity index is 2.41. The van der Waals surface area contributed by atoms with E-state index in [0.29, 0.717) is 12.6 Å². The molecule has 0 radical (unpaired) electrons. The lowest BCUT2D eigenvalue weighted by Gasteiger charge is -2.27. The average Bonchev–Trinajstić information content (AvgIpc) is 2.93. The summed E-state index contributed by atoms with van der Waals surface area (Å²) in [6.45, 7) is 5.12. The molecule has 18 heavy (non-hydrogen) atoms. The van der Waals surface area contributed by atoms with E-state index in [1.165, 1.54) is 5.69 Å². The molecule has 0 aromatic carbocycles. The van der Waals surface area contributed by atoms with Gasteiger partial charge in [0.05, 0.1) is 5.69 Å². The Morgan fingerprint density at radius 1 is 1.44 bits per heavy atom. The van der Waals surface area contributed by atoms with E-state index in [1.54, 1.807) is 11.3 Å². The number of anilines is 1. The van der Waals surface area contributed by atoms with Gasteiger partial charge in [0.15, 0.2) is 10.8 Å². The normalized spacial score (nSPS) is 11.6. The summed E-state index contributed by atoms with van der Waals surface area (Å²) in [5.74, 6) is 1.10. The van der Waals surface area contributed by atoms with Gasteiger partial charge in [0.25, 0.3) is 0 Å². The van der Waals surface area contributed by atoms with Crippen LogP contribution in [-0.4, -0.2) is 29.0 Å². The van der Waals surface area contributed by atoms with Crippen LogP contribution < -0.4 is 10.6 Å². The number of hydrogen-bond donors (Lipinski definition) is 1. The summed E-state index contributed by atoms with van der Waals surface area (Å²) in [6, 6.07) is 0.547. The molecule has 2 N–H and O–H groups in total. The highest BCUT2D eigenvalue weighted by atomic mass is 32.1. The topological polar surface area (TPSA) is 46.6 Å². The maximum absolute atomic E-state index is 5.73. The number of nitrogens with two attached hydrogens (primary N) is 1. The molecule has 0 amide bonds. The van der Waals surface area contributed by atoms with E-state index in [-0.39, 0.29) is 0 Å². The zero-order chi connectivity index (χ0) is 13.1.